The minimum absolute atomic E-state index is 0.101. The molecule has 1 aliphatic heterocycles. The third kappa shape index (κ3) is 3.86. The van der Waals surface area contributed by atoms with Crippen molar-refractivity contribution >= 4 is 27.5 Å². The molecule has 0 saturated carbocycles. The van der Waals surface area contributed by atoms with Crippen LogP contribution in [0.15, 0.2) is 48.5 Å². The molecule has 0 spiro atoms. The molecule has 136 valence electrons. The Balaban J connectivity index is 1.47. The maximum atomic E-state index is 12.9. The second-order valence-corrected chi connectivity index (χ2v) is 7.99. The molecule has 0 aliphatic carbocycles. The molecule has 1 unspecified atom stereocenters. The summed E-state index contributed by atoms with van der Waals surface area (Å²) in [5.74, 6) is 0.198. The van der Waals surface area contributed by atoms with Gasteiger partial charge in [0.05, 0.1) is 27.9 Å². The molecule has 1 amide bonds. The number of piperidine rings is 1. The number of carbonyl (C=O) groups excluding carboxylic acids is 1. The third-order valence-electron chi connectivity index (χ3n) is 5.13. The lowest BCUT2D eigenvalue weighted by atomic mass is 10.0. The molecule has 1 aromatic heterocycles. The van der Waals surface area contributed by atoms with Crippen LogP contribution in [0.25, 0.3) is 10.2 Å². The second-order valence-electron chi connectivity index (χ2n) is 6.93. The van der Waals surface area contributed by atoms with Crippen LogP contribution in [0.1, 0.15) is 47.9 Å². The van der Waals surface area contributed by atoms with Crippen LogP contribution in [-0.4, -0.2) is 22.3 Å². The summed E-state index contributed by atoms with van der Waals surface area (Å²) in [4.78, 5) is 19.8. The van der Waals surface area contributed by atoms with Gasteiger partial charge in [-0.05, 0) is 55.5 Å². The number of hydrogen-bond donors (Lipinski definition) is 0. The summed E-state index contributed by atoms with van der Waals surface area (Å²) in [6.45, 7) is 0.812. The Kier molecular flexibility index (Phi) is 5.17. The quantitative estimate of drug-likeness (QED) is 0.655. The van der Waals surface area contributed by atoms with E-state index in [1.165, 1.54) is 4.70 Å². The molecule has 1 aliphatic rings. The maximum absolute atomic E-state index is 12.9. The Morgan fingerprint density at radius 1 is 1.19 bits per heavy atom. The number of aryl methyl sites for hydroxylation is 1. The van der Waals surface area contributed by atoms with Crippen molar-refractivity contribution < 1.29 is 4.79 Å². The molecular weight excluding hydrogens is 354 g/mol. The Morgan fingerprint density at radius 3 is 2.78 bits per heavy atom. The summed E-state index contributed by atoms with van der Waals surface area (Å²) in [5, 5.41) is 9.95. The summed E-state index contributed by atoms with van der Waals surface area (Å²) in [6.07, 6.45) is 4.38. The highest BCUT2D eigenvalue weighted by atomic mass is 32.1. The maximum Gasteiger partial charge on any atom is 0.223 e. The van der Waals surface area contributed by atoms with Gasteiger partial charge in [-0.1, -0.05) is 24.3 Å². The van der Waals surface area contributed by atoms with Gasteiger partial charge in [-0.25, -0.2) is 4.98 Å². The van der Waals surface area contributed by atoms with Gasteiger partial charge in [0.1, 0.15) is 5.01 Å². The molecule has 1 saturated heterocycles. The third-order valence-corrected chi connectivity index (χ3v) is 6.27. The van der Waals surface area contributed by atoms with E-state index in [0.29, 0.717) is 18.4 Å². The Labute approximate surface area is 163 Å². The zero-order chi connectivity index (χ0) is 18.6. The first-order valence-electron chi connectivity index (χ1n) is 9.38. The van der Waals surface area contributed by atoms with Crippen molar-refractivity contribution in [1.82, 2.24) is 9.88 Å². The number of nitrogens with zero attached hydrogens (tertiary/aromatic N) is 3. The number of benzene rings is 2. The number of para-hydroxylation sites is 1. The average Bonchev–Trinajstić information content (AvgIpc) is 3.16. The molecule has 0 bridgehead atoms. The smallest absolute Gasteiger partial charge is 0.223 e. The molecule has 3 aromatic rings. The van der Waals surface area contributed by atoms with Crippen LogP contribution in [-0.2, 0) is 11.2 Å². The second kappa shape index (κ2) is 7.89. The van der Waals surface area contributed by atoms with E-state index in [2.05, 4.69) is 12.1 Å². The van der Waals surface area contributed by atoms with E-state index in [0.717, 1.165) is 41.9 Å². The van der Waals surface area contributed by atoms with Gasteiger partial charge in [0.25, 0.3) is 0 Å². The molecule has 5 heteroatoms. The summed E-state index contributed by atoms with van der Waals surface area (Å²) in [5.41, 5.74) is 2.76. The van der Waals surface area contributed by atoms with E-state index in [-0.39, 0.29) is 11.9 Å². The monoisotopic (exact) mass is 375 g/mol. The lowest BCUT2D eigenvalue weighted by molar-refractivity contribution is -0.135. The van der Waals surface area contributed by atoms with E-state index in [4.69, 9.17) is 10.2 Å². The van der Waals surface area contributed by atoms with Crippen molar-refractivity contribution in [2.24, 2.45) is 0 Å². The molecule has 2 aromatic carbocycles. The van der Waals surface area contributed by atoms with Gasteiger partial charge < -0.3 is 4.90 Å². The Bertz CT molecular complexity index is 954. The molecule has 1 fully saturated rings. The lowest BCUT2D eigenvalue weighted by Crippen LogP contribution is -2.38. The van der Waals surface area contributed by atoms with Crippen molar-refractivity contribution in [2.75, 3.05) is 6.54 Å². The highest BCUT2D eigenvalue weighted by Crippen LogP contribution is 2.36. The summed E-state index contributed by atoms with van der Waals surface area (Å²) >= 11 is 1.71. The fourth-order valence-corrected chi connectivity index (χ4v) is 4.78. The van der Waals surface area contributed by atoms with Crippen LogP contribution in [0, 0.1) is 11.3 Å². The summed E-state index contributed by atoms with van der Waals surface area (Å²) in [7, 11) is 0. The van der Waals surface area contributed by atoms with E-state index >= 15 is 0 Å². The molecule has 4 rings (SSSR count). The number of nitriles is 1. The van der Waals surface area contributed by atoms with Crippen molar-refractivity contribution in [3.8, 4) is 6.07 Å². The number of amides is 1. The molecule has 2 heterocycles. The Morgan fingerprint density at radius 2 is 2.00 bits per heavy atom. The Hall–Kier alpha value is -2.71. The van der Waals surface area contributed by atoms with Gasteiger partial charge in [0, 0.05) is 13.0 Å². The first-order valence-corrected chi connectivity index (χ1v) is 10.2. The number of carbonyl (C=O) groups is 1. The first-order chi connectivity index (χ1) is 13.2. The number of aromatic nitrogens is 1. The van der Waals surface area contributed by atoms with Crippen LogP contribution in [0.3, 0.4) is 0 Å². The van der Waals surface area contributed by atoms with Crippen LogP contribution in [0.5, 0.6) is 0 Å². The fourth-order valence-electron chi connectivity index (χ4n) is 3.66. The standard InChI is InChI=1S/C22H21N3OS/c23-15-17-10-8-16(9-11-17)12-13-21(26)25-14-4-3-6-19(25)22-24-18-5-1-2-7-20(18)27-22/h1-2,5,7-11,19H,3-4,6,12-14H2. The van der Waals surface area contributed by atoms with Crippen LogP contribution in [0.2, 0.25) is 0 Å². The molecule has 27 heavy (non-hydrogen) atoms. The molecule has 4 nitrogen and oxygen atoms in total. The van der Waals surface area contributed by atoms with Crippen LogP contribution >= 0.6 is 11.3 Å². The van der Waals surface area contributed by atoms with Crippen LogP contribution < -0.4 is 0 Å². The minimum Gasteiger partial charge on any atom is -0.333 e. The van der Waals surface area contributed by atoms with Crippen molar-refractivity contribution in [3.05, 3.63) is 64.7 Å². The van der Waals surface area contributed by atoms with Crippen LogP contribution in [0.4, 0.5) is 0 Å². The number of fused-ring (bicyclic) bond motifs is 1. The highest BCUT2D eigenvalue weighted by Gasteiger charge is 2.29. The van der Waals surface area contributed by atoms with E-state index in [1.54, 1.807) is 11.3 Å². The van der Waals surface area contributed by atoms with E-state index < -0.39 is 0 Å². The van der Waals surface area contributed by atoms with Crippen molar-refractivity contribution in [1.29, 1.82) is 5.26 Å². The predicted molar refractivity (Wildman–Crippen MR) is 107 cm³/mol. The normalized spacial score (nSPS) is 17.0. The summed E-state index contributed by atoms with van der Waals surface area (Å²) < 4.78 is 1.18. The van der Waals surface area contributed by atoms with Gasteiger partial charge in [-0.3, -0.25) is 4.79 Å². The zero-order valence-electron chi connectivity index (χ0n) is 15.1. The fraction of sp³-hybridized carbons (Fsp3) is 0.318. The van der Waals surface area contributed by atoms with Gasteiger partial charge in [0.2, 0.25) is 5.91 Å². The number of hydrogen-bond acceptors (Lipinski definition) is 4. The average molecular weight is 375 g/mol. The van der Waals surface area contributed by atoms with Gasteiger partial charge in [-0.15, -0.1) is 11.3 Å². The number of thiazole rings is 1. The zero-order valence-corrected chi connectivity index (χ0v) is 15.9. The van der Waals surface area contributed by atoms with E-state index in [9.17, 15) is 4.79 Å². The molecule has 0 radical (unpaired) electrons. The molecular formula is C22H21N3OS. The number of rotatable bonds is 4. The van der Waals surface area contributed by atoms with E-state index in [1.807, 2.05) is 47.4 Å². The SMILES string of the molecule is N#Cc1ccc(CCC(=O)N2CCCCC2c2nc3ccccc3s2)cc1. The molecule has 1 atom stereocenters. The molecule has 0 N–H and O–H groups in total. The van der Waals surface area contributed by atoms with Gasteiger partial charge >= 0.3 is 0 Å². The van der Waals surface area contributed by atoms with Crippen molar-refractivity contribution in [2.45, 2.75) is 38.1 Å². The summed E-state index contributed by atoms with van der Waals surface area (Å²) in [6, 6.07) is 17.9. The van der Waals surface area contributed by atoms with Gasteiger partial charge in [-0.2, -0.15) is 5.26 Å². The highest BCUT2D eigenvalue weighted by molar-refractivity contribution is 7.18. The van der Waals surface area contributed by atoms with Gasteiger partial charge in [0.15, 0.2) is 0 Å². The largest absolute Gasteiger partial charge is 0.333 e. The predicted octanol–water partition coefficient (Wildman–Crippen LogP) is 4.85. The first kappa shape index (κ1) is 17.7. The number of likely N-dealkylation sites (tertiary alicyclic amines) is 1. The topological polar surface area (TPSA) is 57.0 Å². The minimum atomic E-state index is 0.101. The van der Waals surface area contributed by atoms with Crippen molar-refractivity contribution in [3.63, 3.8) is 0 Å². The lowest BCUT2D eigenvalue weighted by Gasteiger charge is -2.34.